The number of nitrogens with zero attached hydrogens (tertiary/aromatic N) is 3. The summed E-state index contributed by atoms with van der Waals surface area (Å²) in [7, 11) is 1.70. The van der Waals surface area contributed by atoms with Crippen molar-refractivity contribution in [3.63, 3.8) is 0 Å². The van der Waals surface area contributed by atoms with Crippen LogP contribution >= 0.6 is 11.6 Å². The summed E-state index contributed by atoms with van der Waals surface area (Å²) in [5.74, 6) is -0.467. The van der Waals surface area contributed by atoms with Crippen molar-refractivity contribution in [3.8, 4) is 0 Å². The topological polar surface area (TPSA) is 38.1 Å². The Kier molecular flexibility index (Phi) is 6.26. The number of hydrogen-bond acceptors (Lipinski definition) is 2. The molecule has 1 amide bonds. The van der Waals surface area contributed by atoms with E-state index in [0.29, 0.717) is 18.2 Å². The predicted octanol–water partition coefficient (Wildman–Crippen LogP) is 4.70. The maximum absolute atomic E-state index is 13.0. The Morgan fingerprint density at radius 3 is 2.50 bits per heavy atom. The van der Waals surface area contributed by atoms with E-state index in [1.165, 1.54) is 18.2 Å². The Morgan fingerprint density at radius 1 is 1.14 bits per heavy atom. The van der Waals surface area contributed by atoms with Crippen LogP contribution < -0.4 is 0 Å². The van der Waals surface area contributed by atoms with Crippen molar-refractivity contribution in [2.75, 3.05) is 7.05 Å². The fraction of sp³-hybridized carbons (Fsp3) is 0.182. The number of rotatable bonds is 6. The molecule has 144 valence electrons. The number of hydrogen-bond donors (Lipinski definition) is 0. The molecule has 3 aromatic rings. The average Bonchev–Trinajstić information content (AvgIpc) is 2.95. The number of carbonyl (C=O) groups is 1. The molecule has 0 spiro atoms. The molecule has 0 atom stereocenters. The van der Waals surface area contributed by atoms with Crippen LogP contribution in [0.15, 0.2) is 60.7 Å². The lowest BCUT2D eigenvalue weighted by Gasteiger charge is -2.15. The fourth-order valence-corrected chi connectivity index (χ4v) is 3.14. The van der Waals surface area contributed by atoms with E-state index < -0.39 is 0 Å². The summed E-state index contributed by atoms with van der Waals surface area (Å²) < 4.78 is 14.7. The van der Waals surface area contributed by atoms with E-state index in [-0.39, 0.29) is 11.7 Å². The first-order valence-electron chi connectivity index (χ1n) is 8.88. The molecule has 1 heterocycles. The zero-order chi connectivity index (χ0) is 20.1. The maximum Gasteiger partial charge on any atom is 0.246 e. The molecule has 2 aromatic carbocycles. The summed E-state index contributed by atoms with van der Waals surface area (Å²) in [6.07, 6.45) is 3.17. The second kappa shape index (κ2) is 8.85. The van der Waals surface area contributed by atoms with Crippen LogP contribution in [0.1, 0.15) is 22.4 Å². The van der Waals surface area contributed by atoms with Crippen molar-refractivity contribution >= 4 is 23.6 Å². The predicted molar refractivity (Wildman–Crippen MR) is 109 cm³/mol. The number of aryl methyl sites for hydroxylation is 1. The molecular weight excluding hydrogens is 377 g/mol. The summed E-state index contributed by atoms with van der Waals surface area (Å²) in [6, 6.07) is 16.0. The molecule has 0 aliphatic carbocycles. The second-order valence-corrected chi connectivity index (χ2v) is 6.95. The van der Waals surface area contributed by atoms with E-state index in [9.17, 15) is 9.18 Å². The molecule has 0 aliphatic rings. The van der Waals surface area contributed by atoms with E-state index in [1.807, 2.05) is 37.3 Å². The monoisotopic (exact) mass is 397 g/mol. The van der Waals surface area contributed by atoms with Crippen molar-refractivity contribution in [1.82, 2.24) is 14.7 Å². The molecule has 6 heteroatoms. The highest BCUT2D eigenvalue weighted by atomic mass is 35.5. The van der Waals surface area contributed by atoms with Gasteiger partial charge >= 0.3 is 0 Å². The van der Waals surface area contributed by atoms with Gasteiger partial charge in [-0.3, -0.25) is 4.79 Å². The molecule has 0 fully saturated rings. The van der Waals surface area contributed by atoms with Gasteiger partial charge in [0.1, 0.15) is 11.0 Å². The van der Waals surface area contributed by atoms with Crippen LogP contribution in [0.4, 0.5) is 4.39 Å². The summed E-state index contributed by atoms with van der Waals surface area (Å²) in [4.78, 5) is 14.0. The van der Waals surface area contributed by atoms with Crippen LogP contribution in [0.25, 0.3) is 6.08 Å². The Labute approximate surface area is 168 Å². The average molecular weight is 398 g/mol. The van der Waals surface area contributed by atoms with Crippen molar-refractivity contribution in [1.29, 1.82) is 0 Å². The third-order valence-corrected chi connectivity index (χ3v) is 4.79. The van der Waals surface area contributed by atoms with Crippen molar-refractivity contribution in [2.45, 2.75) is 20.0 Å². The third-order valence-electron chi connectivity index (χ3n) is 4.39. The van der Waals surface area contributed by atoms with Crippen LogP contribution in [-0.4, -0.2) is 27.6 Å². The van der Waals surface area contributed by atoms with Crippen molar-refractivity contribution in [2.24, 2.45) is 0 Å². The first kappa shape index (κ1) is 19.8. The Hall–Kier alpha value is -2.92. The quantitative estimate of drug-likeness (QED) is 0.565. The van der Waals surface area contributed by atoms with Crippen LogP contribution in [-0.2, 0) is 17.9 Å². The third kappa shape index (κ3) is 4.87. The smallest absolute Gasteiger partial charge is 0.246 e. The van der Waals surface area contributed by atoms with Gasteiger partial charge in [0, 0.05) is 25.2 Å². The Bertz CT molecular complexity index is 981. The minimum absolute atomic E-state index is 0.171. The standard InChI is InChI=1S/C22H21ClFN3O/c1-16-20(22(23)27(25-16)15-17-6-4-3-5-7-17)12-13-21(28)26(2)14-18-8-10-19(24)11-9-18/h3-13H,14-15H2,1-2H3/b13-12+. The molecule has 4 nitrogen and oxygen atoms in total. The van der Waals surface area contributed by atoms with Crippen LogP contribution in [0.5, 0.6) is 0 Å². The SMILES string of the molecule is Cc1nn(Cc2ccccc2)c(Cl)c1/C=C/C(=O)N(C)Cc1ccc(F)cc1. The zero-order valence-electron chi connectivity index (χ0n) is 15.8. The Morgan fingerprint density at radius 2 is 1.82 bits per heavy atom. The molecule has 1 aromatic heterocycles. The van der Waals surface area contributed by atoms with Gasteiger partial charge in [0.2, 0.25) is 5.91 Å². The van der Waals surface area contributed by atoms with Crippen LogP contribution in [0.3, 0.4) is 0 Å². The van der Waals surface area contributed by atoms with Crippen molar-refractivity contribution < 1.29 is 9.18 Å². The van der Waals surface area contributed by atoms with Gasteiger partial charge in [-0.15, -0.1) is 0 Å². The molecule has 3 rings (SSSR count). The van der Waals surface area contributed by atoms with Crippen molar-refractivity contribution in [3.05, 3.63) is 94.0 Å². The highest BCUT2D eigenvalue weighted by molar-refractivity contribution is 6.31. The summed E-state index contributed by atoms with van der Waals surface area (Å²) >= 11 is 6.48. The fourth-order valence-electron chi connectivity index (χ4n) is 2.84. The van der Waals surface area contributed by atoms with E-state index in [1.54, 1.807) is 34.8 Å². The highest BCUT2D eigenvalue weighted by Crippen LogP contribution is 2.22. The summed E-state index contributed by atoms with van der Waals surface area (Å²) in [5, 5.41) is 4.97. The zero-order valence-corrected chi connectivity index (χ0v) is 16.5. The number of halogens is 2. The van der Waals surface area contributed by atoms with E-state index in [2.05, 4.69) is 5.10 Å². The molecule has 0 bridgehead atoms. The first-order chi connectivity index (χ1) is 13.4. The lowest BCUT2D eigenvalue weighted by molar-refractivity contribution is -0.125. The molecule has 28 heavy (non-hydrogen) atoms. The molecule has 0 saturated heterocycles. The molecular formula is C22H21ClFN3O. The number of amides is 1. The molecule has 0 N–H and O–H groups in total. The number of benzene rings is 2. The van der Waals surface area contributed by atoms with Gasteiger partial charge in [0.25, 0.3) is 0 Å². The lowest BCUT2D eigenvalue weighted by Crippen LogP contribution is -2.24. The largest absolute Gasteiger partial charge is 0.338 e. The first-order valence-corrected chi connectivity index (χ1v) is 9.26. The minimum atomic E-state index is -0.296. The number of likely N-dealkylation sites (N-methyl/N-ethyl adjacent to an activating group) is 1. The van der Waals surface area contributed by atoms with E-state index >= 15 is 0 Å². The van der Waals surface area contributed by atoms with Gasteiger partial charge in [-0.25, -0.2) is 9.07 Å². The van der Waals surface area contributed by atoms with E-state index in [0.717, 1.165) is 22.4 Å². The molecule has 0 unspecified atom stereocenters. The molecule has 0 saturated carbocycles. The minimum Gasteiger partial charge on any atom is -0.338 e. The van der Waals surface area contributed by atoms with Gasteiger partial charge in [-0.2, -0.15) is 5.10 Å². The number of carbonyl (C=O) groups excluding carboxylic acids is 1. The summed E-state index contributed by atoms with van der Waals surface area (Å²) in [5.41, 5.74) is 3.43. The molecule has 0 aliphatic heterocycles. The van der Waals surface area contributed by atoms with Crippen LogP contribution in [0.2, 0.25) is 5.15 Å². The van der Waals surface area contributed by atoms with Gasteiger partial charge in [-0.05, 0) is 36.3 Å². The van der Waals surface area contributed by atoms with Gasteiger partial charge in [0.05, 0.1) is 12.2 Å². The highest BCUT2D eigenvalue weighted by Gasteiger charge is 2.13. The second-order valence-electron chi connectivity index (χ2n) is 6.59. The van der Waals surface area contributed by atoms with Crippen LogP contribution in [0, 0.1) is 12.7 Å². The van der Waals surface area contributed by atoms with Gasteiger partial charge in [0.15, 0.2) is 0 Å². The van der Waals surface area contributed by atoms with E-state index in [4.69, 9.17) is 11.6 Å². The maximum atomic E-state index is 13.0. The lowest BCUT2D eigenvalue weighted by atomic mass is 10.2. The summed E-state index contributed by atoms with van der Waals surface area (Å²) in [6.45, 7) is 2.82. The molecule has 0 radical (unpaired) electrons. The Balaban J connectivity index is 1.69. The number of aromatic nitrogens is 2. The normalized spacial score (nSPS) is 11.1. The van der Waals surface area contributed by atoms with Gasteiger partial charge < -0.3 is 4.90 Å². The van der Waals surface area contributed by atoms with Gasteiger partial charge in [-0.1, -0.05) is 54.1 Å².